The van der Waals surface area contributed by atoms with Crippen molar-refractivity contribution in [2.24, 2.45) is 5.92 Å². The Hall–Kier alpha value is -2.33. The van der Waals surface area contributed by atoms with E-state index in [0.29, 0.717) is 13.0 Å². The quantitative estimate of drug-likeness (QED) is 0.516. The maximum Gasteiger partial charge on any atom is 0.313 e. The van der Waals surface area contributed by atoms with Crippen LogP contribution in [0.25, 0.3) is 0 Å². The summed E-state index contributed by atoms with van der Waals surface area (Å²) in [6.07, 6.45) is 1.19. The minimum atomic E-state index is -0.323. The van der Waals surface area contributed by atoms with Gasteiger partial charge in [-0.3, -0.25) is 4.79 Å². The average Bonchev–Trinajstić information content (AvgIpc) is 2.73. The number of carbonyl (C=O) groups is 1. The Morgan fingerprint density at radius 2 is 1.78 bits per heavy atom. The van der Waals surface area contributed by atoms with Crippen LogP contribution in [0.3, 0.4) is 0 Å². The first-order valence-electron chi connectivity index (χ1n) is 9.91. The first-order valence-corrected chi connectivity index (χ1v) is 9.91. The highest BCUT2D eigenvalue weighted by Crippen LogP contribution is 2.39. The second kappa shape index (κ2) is 9.56. The third kappa shape index (κ3) is 4.89. The Labute approximate surface area is 162 Å². The van der Waals surface area contributed by atoms with Gasteiger partial charge in [0.05, 0.1) is 6.61 Å². The van der Waals surface area contributed by atoms with Gasteiger partial charge in [-0.1, -0.05) is 62.4 Å². The molecule has 2 aromatic carbocycles. The predicted octanol–water partition coefficient (Wildman–Crippen LogP) is 4.25. The third-order valence-corrected chi connectivity index (χ3v) is 5.22. The fourth-order valence-electron chi connectivity index (χ4n) is 3.61. The Balaban J connectivity index is 1.68. The lowest BCUT2D eigenvalue weighted by Gasteiger charge is -2.32. The van der Waals surface area contributed by atoms with Crippen molar-refractivity contribution in [3.8, 4) is 5.75 Å². The van der Waals surface area contributed by atoms with Crippen LogP contribution in [0.1, 0.15) is 37.5 Å². The van der Waals surface area contributed by atoms with Crippen LogP contribution in [0.4, 0.5) is 0 Å². The summed E-state index contributed by atoms with van der Waals surface area (Å²) in [6, 6.07) is 17.9. The van der Waals surface area contributed by atoms with Gasteiger partial charge in [0.2, 0.25) is 0 Å². The van der Waals surface area contributed by atoms with Gasteiger partial charge in [0.1, 0.15) is 17.8 Å². The summed E-state index contributed by atoms with van der Waals surface area (Å²) in [5.74, 6) is 0.366. The van der Waals surface area contributed by atoms with Crippen molar-refractivity contribution in [2.75, 3.05) is 26.2 Å². The number of fused-ring (bicyclic) bond motifs is 1. The van der Waals surface area contributed by atoms with E-state index < -0.39 is 0 Å². The Kier molecular flexibility index (Phi) is 6.88. The minimum absolute atomic E-state index is 0.169. The number of para-hydroxylation sites is 1. The monoisotopic (exact) mass is 367 g/mol. The lowest BCUT2D eigenvalue weighted by molar-refractivity contribution is -0.153. The van der Waals surface area contributed by atoms with E-state index in [-0.39, 0.29) is 18.0 Å². The fraction of sp³-hybridized carbons (Fsp3) is 0.435. The molecule has 0 fully saturated rings. The zero-order chi connectivity index (χ0) is 19.1. The molecule has 1 aliphatic rings. The molecular weight excluding hydrogens is 338 g/mol. The van der Waals surface area contributed by atoms with E-state index >= 15 is 0 Å². The van der Waals surface area contributed by atoms with Crippen LogP contribution >= 0.6 is 0 Å². The normalized spacial score (nSPS) is 18.6. The second-order valence-corrected chi connectivity index (χ2v) is 6.92. The van der Waals surface area contributed by atoms with Crippen molar-refractivity contribution in [3.63, 3.8) is 0 Å². The molecule has 0 amide bonds. The van der Waals surface area contributed by atoms with Crippen LogP contribution in [-0.4, -0.2) is 37.1 Å². The highest BCUT2D eigenvalue weighted by atomic mass is 16.5. The van der Waals surface area contributed by atoms with Crippen molar-refractivity contribution in [1.29, 1.82) is 0 Å². The van der Waals surface area contributed by atoms with Gasteiger partial charge in [-0.2, -0.15) is 0 Å². The van der Waals surface area contributed by atoms with Gasteiger partial charge in [-0.05, 0) is 43.1 Å². The van der Waals surface area contributed by atoms with Crippen molar-refractivity contribution in [3.05, 3.63) is 65.7 Å². The van der Waals surface area contributed by atoms with Gasteiger partial charge in [0, 0.05) is 6.54 Å². The maximum absolute atomic E-state index is 12.9. The van der Waals surface area contributed by atoms with Crippen LogP contribution in [0.15, 0.2) is 54.6 Å². The first kappa shape index (κ1) is 19.4. The Bertz CT molecular complexity index is 727. The molecule has 0 bridgehead atoms. The molecule has 0 aliphatic carbocycles. The summed E-state index contributed by atoms with van der Waals surface area (Å²) in [5, 5.41) is 0. The average molecular weight is 367 g/mol. The van der Waals surface area contributed by atoms with E-state index in [1.807, 2.05) is 54.6 Å². The molecule has 4 nitrogen and oxygen atoms in total. The molecular formula is C23H29NO3. The van der Waals surface area contributed by atoms with Crippen LogP contribution in [-0.2, 0) is 16.0 Å². The molecule has 0 aromatic heterocycles. The number of hydrogen-bond acceptors (Lipinski definition) is 4. The predicted molar refractivity (Wildman–Crippen MR) is 107 cm³/mol. The van der Waals surface area contributed by atoms with Gasteiger partial charge in [-0.15, -0.1) is 0 Å². The molecule has 27 heavy (non-hydrogen) atoms. The number of nitrogens with zero attached hydrogens (tertiary/aromatic N) is 1. The number of carbonyl (C=O) groups excluding carboxylic acids is 1. The standard InChI is InChI=1S/C23H29NO3/c1-3-24(4-2)15-10-16-26-23(25)20-17-19-13-8-9-14-21(19)27-22(20)18-11-6-5-7-12-18/h5-9,11-14,20,22H,3-4,10,15-17H2,1-2H3. The molecule has 1 heterocycles. The fourth-order valence-corrected chi connectivity index (χ4v) is 3.61. The summed E-state index contributed by atoms with van der Waals surface area (Å²) >= 11 is 0. The SMILES string of the molecule is CCN(CC)CCCOC(=O)C1Cc2ccccc2OC1c1ccccc1. The summed E-state index contributed by atoms with van der Waals surface area (Å²) in [4.78, 5) is 15.2. The Morgan fingerprint density at radius 1 is 1.07 bits per heavy atom. The Morgan fingerprint density at radius 3 is 2.52 bits per heavy atom. The zero-order valence-corrected chi connectivity index (χ0v) is 16.3. The lowest BCUT2D eigenvalue weighted by Crippen LogP contribution is -2.34. The van der Waals surface area contributed by atoms with Gasteiger partial charge in [0.15, 0.2) is 0 Å². The summed E-state index contributed by atoms with van der Waals surface area (Å²) in [6.45, 7) is 7.75. The number of rotatable bonds is 8. The molecule has 0 radical (unpaired) electrons. The summed E-state index contributed by atoms with van der Waals surface area (Å²) in [5.41, 5.74) is 2.08. The summed E-state index contributed by atoms with van der Waals surface area (Å²) < 4.78 is 11.9. The van der Waals surface area contributed by atoms with Crippen LogP contribution < -0.4 is 4.74 Å². The molecule has 144 valence electrons. The number of esters is 1. The van der Waals surface area contributed by atoms with E-state index in [1.165, 1.54) is 0 Å². The number of benzene rings is 2. The minimum Gasteiger partial charge on any atom is -0.485 e. The first-order chi connectivity index (χ1) is 13.2. The highest BCUT2D eigenvalue weighted by Gasteiger charge is 2.37. The van der Waals surface area contributed by atoms with Gasteiger partial charge in [-0.25, -0.2) is 0 Å². The molecule has 2 atom stereocenters. The molecule has 0 spiro atoms. The second-order valence-electron chi connectivity index (χ2n) is 6.92. The highest BCUT2D eigenvalue weighted by molar-refractivity contribution is 5.74. The number of hydrogen-bond donors (Lipinski definition) is 0. The molecule has 1 aliphatic heterocycles. The topological polar surface area (TPSA) is 38.8 Å². The van der Waals surface area contributed by atoms with Crippen LogP contribution in [0, 0.1) is 5.92 Å². The molecule has 2 unspecified atom stereocenters. The van der Waals surface area contributed by atoms with E-state index in [2.05, 4.69) is 18.7 Å². The van der Waals surface area contributed by atoms with Crippen LogP contribution in [0.2, 0.25) is 0 Å². The van der Waals surface area contributed by atoms with Gasteiger partial charge < -0.3 is 14.4 Å². The largest absolute Gasteiger partial charge is 0.485 e. The third-order valence-electron chi connectivity index (χ3n) is 5.22. The molecule has 0 saturated carbocycles. The van der Waals surface area contributed by atoms with E-state index in [1.54, 1.807) is 0 Å². The molecule has 0 N–H and O–H groups in total. The van der Waals surface area contributed by atoms with Crippen molar-refractivity contribution in [2.45, 2.75) is 32.8 Å². The lowest BCUT2D eigenvalue weighted by atomic mass is 9.87. The molecule has 2 aromatic rings. The zero-order valence-electron chi connectivity index (χ0n) is 16.3. The molecule has 4 heteroatoms. The van der Waals surface area contributed by atoms with Crippen molar-refractivity contribution < 1.29 is 14.3 Å². The maximum atomic E-state index is 12.9. The van der Waals surface area contributed by atoms with Crippen molar-refractivity contribution >= 4 is 5.97 Å². The van der Waals surface area contributed by atoms with Gasteiger partial charge in [0.25, 0.3) is 0 Å². The van der Waals surface area contributed by atoms with Crippen LogP contribution in [0.5, 0.6) is 5.75 Å². The van der Waals surface area contributed by atoms with Crippen molar-refractivity contribution in [1.82, 2.24) is 4.90 Å². The van der Waals surface area contributed by atoms with E-state index in [0.717, 1.165) is 42.9 Å². The van der Waals surface area contributed by atoms with Gasteiger partial charge >= 0.3 is 5.97 Å². The number of ether oxygens (including phenoxy) is 2. The van der Waals surface area contributed by atoms with E-state index in [9.17, 15) is 4.79 Å². The summed E-state index contributed by atoms with van der Waals surface area (Å²) in [7, 11) is 0. The smallest absolute Gasteiger partial charge is 0.313 e. The molecule has 3 rings (SSSR count). The molecule has 0 saturated heterocycles. The van der Waals surface area contributed by atoms with E-state index in [4.69, 9.17) is 9.47 Å².